The molecular weight excluding hydrogens is 254 g/mol. The van der Waals surface area contributed by atoms with E-state index in [2.05, 4.69) is 0 Å². The van der Waals surface area contributed by atoms with Crippen LogP contribution in [0.4, 0.5) is 0 Å². The van der Waals surface area contributed by atoms with Crippen LogP contribution >= 0.6 is 0 Å². The summed E-state index contributed by atoms with van der Waals surface area (Å²) in [5.41, 5.74) is -0.419. The lowest BCUT2D eigenvalue weighted by Gasteiger charge is -2.44. The van der Waals surface area contributed by atoms with Crippen LogP contribution < -0.4 is 0 Å². The minimum Gasteiger partial charge on any atom is -0.481 e. The summed E-state index contributed by atoms with van der Waals surface area (Å²) in [7, 11) is 1.85. The predicted octanol–water partition coefficient (Wildman–Crippen LogP) is 2.67. The lowest BCUT2D eigenvalue weighted by Crippen LogP contribution is -2.52. The first kappa shape index (κ1) is 13.9. The molecule has 2 unspecified atom stereocenters. The molecule has 0 heterocycles. The SMILES string of the molecule is CN(C(=O)C1C2CCCC21)C1(CC(=O)O)CCCCC1. The summed E-state index contributed by atoms with van der Waals surface area (Å²) in [6.07, 6.45) is 8.72. The van der Waals surface area contributed by atoms with Crippen LogP contribution in [0.15, 0.2) is 0 Å². The maximum atomic E-state index is 12.7. The number of rotatable bonds is 4. The van der Waals surface area contributed by atoms with E-state index in [9.17, 15) is 14.7 Å². The van der Waals surface area contributed by atoms with Gasteiger partial charge in [0, 0.05) is 13.0 Å². The van der Waals surface area contributed by atoms with Gasteiger partial charge in [0.25, 0.3) is 0 Å². The van der Waals surface area contributed by atoms with Gasteiger partial charge in [0.1, 0.15) is 0 Å². The van der Waals surface area contributed by atoms with E-state index in [4.69, 9.17) is 0 Å². The van der Waals surface area contributed by atoms with Crippen LogP contribution in [-0.4, -0.2) is 34.5 Å². The van der Waals surface area contributed by atoms with E-state index in [1.165, 1.54) is 19.3 Å². The Kier molecular flexibility index (Phi) is 3.51. The molecule has 4 nitrogen and oxygen atoms in total. The number of amides is 1. The Balaban J connectivity index is 1.73. The van der Waals surface area contributed by atoms with E-state index in [0.29, 0.717) is 11.8 Å². The Morgan fingerprint density at radius 2 is 1.70 bits per heavy atom. The van der Waals surface area contributed by atoms with Gasteiger partial charge in [-0.05, 0) is 37.5 Å². The van der Waals surface area contributed by atoms with Crippen molar-refractivity contribution in [2.75, 3.05) is 7.05 Å². The Morgan fingerprint density at radius 3 is 2.25 bits per heavy atom. The lowest BCUT2D eigenvalue weighted by atomic mass is 9.77. The van der Waals surface area contributed by atoms with Gasteiger partial charge < -0.3 is 10.0 Å². The van der Waals surface area contributed by atoms with E-state index in [1.807, 2.05) is 11.9 Å². The van der Waals surface area contributed by atoms with Crippen LogP contribution in [0.5, 0.6) is 0 Å². The van der Waals surface area contributed by atoms with E-state index in [0.717, 1.165) is 32.1 Å². The number of carbonyl (C=O) groups excluding carboxylic acids is 1. The van der Waals surface area contributed by atoms with Crippen LogP contribution in [0.3, 0.4) is 0 Å². The molecule has 4 heteroatoms. The molecule has 0 spiro atoms. The van der Waals surface area contributed by atoms with Gasteiger partial charge in [0.15, 0.2) is 0 Å². The number of fused-ring (bicyclic) bond motifs is 1. The van der Waals surface area contributed by atoms with Crippen LogP contribution in [-0.2, 0) is 9.59 Å². The normalized spacial score (nSPS) is 34.4. The molecular formula is C16H25NO3. The monoisotopic (exact) mass is 279 g/mol. The summed E-state index contributed by atoms with van der Waals surface area (Å²) in [5, 5.41) is 9.24. The maximum Gasteiger partial charge on any atom is 0.305 e. The standard InChI is InChI=1S/C16H25NO3/c1-17(15(20)14-11-6-5-7-12(11)14)16(10-13(18)19)8-3-2-4-9-16/h11-12,14H,2-10H2,1H3,(H,18,19). The van der Waals surface area contributed by atoms with Crippen LogP contribution in [0.25, 0.3) is 0 Å². The van der Waals surface area contributed by atoms with Crippen molar-refractivity contribution in [3.05, 3.63) is 0 Å². The molecule has 3 saturated carbocycles. The first-order valence-electron chi connectivity index (χ1n) is 8.05. The zero-order chi connectivity index (χ0) is 14.3. The summed E-state index contributed by atoms with van der Waals surface area (Å²) in [6, 6.07) is 0. The van der Waals surface area contributed by atoms with Crippen molar-refractivity contribution in [3.63, 3.8) is 0 Å². The highest BCUT2D eigenvalue weighted by Gasteiger charge is 2.58. The van der Waals surface area contributed by atoms with Gasteiger partial charge in [-0.2, -0.15) is 0 Å². The molecule has 1 amide bonds. The molecule has 112 valence electrons. The van der Waals surface area contributed by atoms with Crippen molar-refractivity contribution in [3.8, 4) is 0 Å². The van der Waals surface area contributed by atoms with Crippen molar-refractivity contribution in [1.82, 2.24) is 4.90 Å². The number of carboxylic acids is 1. The number of carbonyl (C=O) groups is 2. The van der Waals surface area contributed by atoms with E-state index in [1.54, 1.807) is 0 Å². The molecule has 0 bridgehead atoms. The zero-order valence-corrected chi connectivity index (χ0v) is 12.3. The Bertz CT molecular complexity index is 404. The van der Waals surface area contributed by atoms with Crippen molar-refractivity contribution in [2.45, 2.75) is 63.3 Å². The minimum absolute atomic E-state index is 0.108. The fourth-order valence-electron chi connectivity index (χ4n) is 4.77. The van der Waals surface area contributed by atoms with Gasteiger partial charge in [-0.1, -0.05) is 25.7 Å². The average Bonchev–Trinajstić information content (AvgIpc) is 2.90. The quantitative estimate of drug-likeness (QED) is 0.860. The smallest absolute Gasteiger partial charge is 0.305 e. The third-order valence-corrected chi connectivity index (χ3v) is 6.00. The largest absolute Gasteiger partial charge is 0.481 e. The van der Waals surface area contributed by atoms with Crippen molar-refractivity contribution in [1.29, 1.82) is 0 Å². The average molecular weight is 279 g/mol. The summed E-state index contributed by atoms with van der Waals surface area (Å²) in [6.45, 7) is 0. The highest BCUT2D eigenvalue weighted by Crippen LogP contribution is 2.58. The topological polar surface area (TPSA) is 57.6 Å². The molecule has 3 aliphatic rings. The van der Waals surface area contributed by atoms with E-state index >= 15 is 0 Å². The number of hydrogen-bond donors (Lipinski definition) is 1. The molecule has 0 aliphatic heterocycles. The van der Waals surface area contributed by atoms with E-state index in [-0.39, 0.29) is 18.2 Å². The zero-order valence-electron chi connectivity index (χ0n) is 12.3. The molecule has 3 aliphatic carbocycles. The molecule has 0 saturated heterocycles. The summed E-state index contributed by atoms with van der Waals surface area (Å²) in [5.74, 6) is 0.873. The first-order chi connectivity index (χ1) is 9.55. The highest BCUT2D eigenvalue weighted by atomic mass is 16.4. The summed E-state index contributed by atoms with van der Waals surface area (Å²) < 4.78 is 0. The van der Waals surface area contributed by atoms with Crippen molar-refractivity contribution in [2.24, 2.45) is 17.8 Å². The molecule has 3 fully saturated rings. The van der Waals surface area contributed by atoms with Gasteiger partial charge in [-0.15, -0.1) is 0 Å². The molecule has 0 aromatic heterocycles. The van der Waals surface area contributed by atoms with Gasteiger partial charge >= 0.3 is 5.97 Å². The van der Waals surface area contributed by atoms with E-state index < -0.39 is 11.5 Å². The van der Waals surface area contributed by atoms with Gasteiger partial charge in [0.05, 0.1) is 12.0 Å². The van der Waals surface area contributed by atoms with Crippen molar-refractivity contribution < 1.29 is 14.7 Å². The Morgan fingerprint density at radius 1 is 1.10 bits per heavy atom. The van der Waals surface area contributed by atoms with Crippen LogP contribution in [0.1, 0.15) is 57.8 Å². The third-order valence-electron chi connectivity index (χ3n) is 6.00. The number of carboxylic acid groups (broad SMARTS) is 1. The fraction of sp³-hybridized carbons (Fsp3) is 0.875. The summed E-state index contributed by atoms with van der Waals surface area (Å²) in [4.78, 5) is 25.8. The predicted molar refractivity (Wildman–Crippen MR) is 75.2 cm³/mol. The fourth-order valence-corrected chi connectivity index (χ4v) is 4.77. The number of aliphatic carboxylic acids is 1. The molecule has 1 N–H and O–H groups in total. The number of hydrogen-bond acceptors (Lipinski definition) is 2. The van der Waals surface area contributed by atoms with Gasteiger partial charge in [0.2, 0.25) is 5.91 Å². The van der Waals surface area contributed by atoms with Crippen molar-refractivity contribution >= 4 is 11.9 Å². The molecule has 0 aromatic carbocycles. The van der Waals surface area contributed by atoms with Crippen LogP contribution in [0.2, 0.25) is 0 Å². The second-order valence-electron chi connectivity index (χ2n) is 7.04. The Hall–Kier alpha value is -1.06. The molecule has 3 rings (SSSR count). The van der Waals surface area contributed by atoms with Gasteiger partial charge in [-0.3, -0.25) is 9.59 Å². The third kappa shape index (κ3) is 2.23. The molecule has 2 atom stereocenters. The second-order valence-corrected chi connectivity index (χ2v) is 7.04. The van der Waals surface area contributed by atoms with Gasteiger partial charge in [-0.25, -0.2) is 0 Å². The second kappa shape index (κ2) is 5.05. The molecule has 20 heavy (non-hydrogen) atoms. The van der Waals surface area contributed by atoms with Crippen LogP contribution in [0, 0.1) is 17.8 Å². The molecule has 0 radical (unpaired) electrons. The highest BCUT2D eigenvalue weighted by molar-refractivity contribution is 5.84. The first-order valence-corrected chi connectivity index (χ1v) is 8.05. The molecule has 0 aromatic rings. The minimum atomic E-state index is -0.775. The lowest BCUT2D eigenvalue weighted by molar-refractivity contribution is -0.147. The maximum absolute atomic E-state index is 12.7. The number of nitrogens with zero attached hydrogens (tertiary/aromatic N) is 1. The summed E-state index contributed by atoms with van der Waals surface area (Å²) >= 11 is 0. The Labute approximate surface area is 120 Å².